The summed E-state index contributed by atoms with van der Waals surface area (Å²) in [4.78, 5) is -0.361. The molecule has 1 N–H and O–H groups in total. The fourth-order valence-electron chi connectivity index (χ4n) is 1.75. The smallest absolute Gasteiger partial charge is 0.316 e. The van der Waals surface area contributed by atoms with E-state index in [2.05, 4.69) is 5.32 Å². The molecule has 0 spiro atoms. The van der Waals surface area contributed by atoms with E-state index in [-0.39, 0.29) is 23.5 Å². The number of rotatable bonds is 6. The summed E-state index contributed by atoms with van der Waals surface area (Å²) in [5.74, 6) is -0.623. The first-order valence-corrected chi connectivity index (χ1v) is 7.55. The lowest BCUT2D eigenvalue weighted by Crippen LogP contribution is -2.38. The highest BCUT2D eigenvalue weighted by Gasteiger charge is 2.36. The van der Waals surface area contributed by atoms with Crippen LogP contribution in [0.4, 0.5) is 17.6 Å². The standard InChI is InChI=1S/C12H16F4N2O2S/c1-3-18(8-12(14,15)16)21(19,20)10-4-5-11(13)9(6-10)7-17-2/h4-6,17H,3,7-8H2,1-2H3. The molecule has 1 rings (SSSR count). The first-order chi connectivity index (χ1) is 9.61. The summed E-state index contributed by atoms with van der Waals surface area (Å²) >= 11 is 0. The maximum Gasteiger partial charge on any atom is 0.402 e. The van der Waals surface area contributed by atoms with E-state index < -0.39 is 28.6 Å². The SMILES string of the molecule is CCN(CC(F)(F)F)S(=O)(=O)c1ccc(F)c(CNC)c1. The van der Waals surface area contributed by atoms with Crippen LogP contribution in [0.25, 0.3) is 0 Å². The highest BCUT2D eigenvalue weighted by molar-refractivity contribution is 7.89. The summed E-state index contributed by atoms with van der Waals surface area (Å²) in [6, 6.07) is 2.93. The van der Waals surface area contributed by atoms with Crippen LogP contribution >= 0.6 is 0 Å². The molecule has 0 saturated heterocycles. The largest absolute Gasteiger partial charge is 0.402 e. The number of hydrogen-bond acceptors (Lipinski definition) is 3. The molecule has 0 aliphatic rings. The van der Waals surface area contributed by atoms with E-state index in [9.17, 15) is 26.0 Å². The van der Waals surface area contributed by atoms with Gasteiger partial charge in [-0.2, -0.15) is 17.5 Å². The zero-order valence-corrected chi connectivity index (χ0v) is 12.4. The maximum atomic E-state index is 13.5. The van der Waals surface area contributed by atoms with Gasteiger partial charge in [-0.3, -0.25) is 0 Å². The Morgan fingerprint density at radius 3 is 2.38 bits per heavy atom. The fourth-order valence-corrected chi connectivity index (χ4v) is 3.24. The molecule has 120 valence electrons. The van der Waals surface area contributed by atoms with E-state index in [1.165, 1.54) is 6.92 Å². The van der Waals surface area contributed by atoms with E-state index >= 15 is 0 Å². The van der Waals surface area contributed by atoms with Crippen molar-refractivity contribution in [1.82, 2.24) is 9.62 Å². The molecule has 21 heavy (non-hydrogen) atoms. The second-order valence-corrected chi connectivity index (χ2v) is 6.27. The predicted molar refractivity (Wildman–Crippen MR) is 69.7 cm³/mol. The van der Waals surface area contributed by atoms with Gasteiger partial charge in [0.1, 0.15) is 12.4 Å². The van der Waals surface area contributed by atoms with Crippen LogP contribution in [-0.2, 0) is 16.6 Å². The first kappa shape index (κ1) is 17.9. The Kier molecular flexibility index (Phi) is 5.71. The maximum absolute atomic E-state index is 13.5. The zero-order valence-electron chi connectivity index (χ0n) is 11.5. The molecule has 0 bridgehead atoms. The molecule has 0 heterocycles. The molecule has 4 nitrogen and oxygen atoms in total. The van der Waals surface area contributed by atoms with Crippen LogP contribution in [0.2, 0.25) is 0 Å². The molecule has 1 aromatic rings. The third-order valence-corrected chi connectivity index (χ3v) is 4.65. The quantitative estimate of drug-likeness (QED) is 0.814. The Hall–Kier alpha value is -1.19. The molecule has 1 aromatic carbocycles. The van der Waals surface area contributed by atoms with E-state index in [1.54, 1.807) is 7.05 Å². The number of nitrogens with zero attached hydrogens (tertiary/aromatic N) is 1. The first-order valence-electron chi connectivity index (χ1n) is 6.11. The lowest BCUT2D eigenvalue weighted by atomic mass is 10.2. The summed E-state index contributed by atoms with van der Waals surface area (Å²) < 4.78 is 75.4. The van der Waals surface area contributed by atoms with Crippen molar-refractivity contribution in [3.8, 4) is 0 Å². The Morgan fingerprint density at radius 2 is 1.90 bits per heavy atom. The van der Waals surface area contributed by atoms with Crippen molar-refractivity contribution in [2.75, 3.05) is 20.1 Å². The average molecular weight is 328 g/mol. The van der Waals surface area contributed by atoms with Gasteiger partial charge in [-0.1, -0.05) is 6.92 Å². The number of benzene rings is 1. The topological polar surface area (TPSA) is 49.4 Å². The van der Waals surface area contributed by atoms with Crippen LogP contribution in [-0.4, -0.2) is 39.0 Å². The lowest BCUT2D eigenvalue weighted by molar-refractivity contribution is -0.135. The normalized spacial score (nSPS) is 12.9. The highest BCUT2D eigenvalue weighted by Crippen LogP contribution is 2.23. The second-order valence-electron chi connectivity index (χ2n) is 4.33. The Bertz CT molecular complexity index is 587. The Labute approximate surface area is 120 Å². The van der Waals surface area contributed by atoms with E-state index in [4.69, 9.17) is 0 Å². The zero-order chi connectivity index (χ0) is 16.3. The molecule has 0 saturated carbocycles. The Morgan fingerprint density at radius 1 is 1.29 bits per heavy atom. The van der Waals surface area contributed by atoms with Crippen molar-refractivity contribution in [2.24, 2.45) is 0 Å². The van der Waals surface area contributed by atoms with Gasteiger partial charge in [-0.05, 0) is 25.2 Å². The van der Waals surface area contributed by atoms with E-state index in [0.717, 1.165) is 18.2 Å². The predicted octanol–water partition coefficient (Wildman–Crippen LogP) is 2.12. The molecule has 0 atom stereocenters. The summed E-state index contributed by atoms with van der Waals surface area (Å²) in [6.45, 7) is -0.535. The van der Waals surface area contributed by atoms with E-state index in [0.29, 0.717) is 4.31 Å². The van der Waals surface area contributed by atoms with Crippen molar-refractivity contribution in [3.63, 3.8) is 0 Å². The van der Waals surface area contributed by atoms with Crippen LogP contribution in [0.5, 0.6) is 0 Å². The number of halogens is 4. The molecule has 9 heteroatoms. The van der Waals surface area contributed by atoms with Crippen molar-refractivity contribution >= 4 is 10.0 Å². The number of nitrogens with one attached hydrogen (secondary N) is 1. The van der Waals surface area contributed by atoms with Crippen LogP contribution in [0.15, 0.2) is 23.1 Å². The van der Waals surface area contributed by atoms with Crippen LogP contribution < -0.4 is 5.32 Å². The van der Waals surface area contributed by atoms with Gasteiger partial charge in [0, 0.05) is 18.7 Å². The van der Waals surface area contributed by atoms with Gasteiger partial charge >= 0.3 is 6.18 Å². The minimum Gasteiger partial charge on any atom is -0.316 e. The molecule has 0 radical (unpaired) electrons. The van der Waals surface area contributed by atoms with Crippen molar-refractivity contribution in [2.45, 2.75) is 24.5 Å². The third-order valence-electron chi connectivity index (χ3n) is 2.73. The second kappa shape index (κ2) is 6.71. The minimum absolute atomic E-state index is 0.0700. The van der Waals surface area contributed by atoms with E-state index in [1.807, 2.05) is 0 Å². The van der Waals surface area contributed by atoms with Gasteiger partial charge in [0.05, 0.1) is 4.90 Å². The highest BCUT2D eigenvalue weighted by atomic mass is 32.2. The molecule has 0 fully saturated rings. The van der Waals surface area contributed by atoms with Gasteiger partial charge in [0.25, 0.3) is 0 Å². The molecule has 0 aromatic heterocycles. The summed E-state index contributed by atoms with van der Waals surface area (Å²) in [5.41, 5.74) is 0.0710. The van der Waals surface area contributed by atoms with Crippen molar-refractivity contribution in [3.05, 3.63) is 29.6 Å². The van der Waals surface area contributed by atoms with Crippen LogP contribution in [0, 0.1) is 5.82 Å². The molecule has 0 aliphatic heterocycles. The summed E-state index contributed by atoms with van der Waals surface area (Å²) in [6.07, 6.45) is -4.64. The van der Waals surface area contributed by atoms with Gasteiger partial charge in [-0.15, -0.1) is 0 Å². The molecular formula is C12H16F4N2O2S. The molecular weight excluding hydrogens is 312 g/mol. The average Bonchev–Trinajstić information content (AvgIpc) is 2.37. The summed E-state index contributed by atoms with van der Waals surface area (Å²) in [5, 5.41) is 2.66. The molecule has 0 aliphatic carbocycles. The number of alkyl halides is 3. The number of hydrogen-bond donors (Lipinski definition) is 1. The Balaban J connectivity index is 3.19. The molecule has 0 unspecified atom stereocenters. The number of sulfonamides is 1. The molecule has 0 amide bonds. The monoisotopic (exact) mass is 328 g/mol. The summed E-state index contributed by atoms with van der Waals surface area (Å²) in [7, 11) is -2.78. The van der Waals surface area contributed by atoms with Gasteiger partial charge < -0.3 is 5.32 Å². The van der Waals surface area contributed by atoms with Crippen molar-refractivity contribution < 1.29 is 26.0 Å². The van der Waals surface area contributed by atoms with Gasteiger partial charge in [0.15, 0.2) is 0 Å². The third kappa shape index (κ3) is 4.65. The van der Waals surface area contributed by atoms with Crippen molar-refractivity contribution in [1.29, 1.82) is 0 Å². The minimum atomic E-state index is -4.64. The fraction of sp³-hybridized carbons (Fsp3) is 0.500. The van der Waals surface area contributed by atoms with Crippen LogP contribution in [0.1, 0.15) is 12.5 Å². The van der Waals surface area contributed by atoms with Crippen LogP contribution in [0.3, 0.4) is 0 Å². The van der Waals surface area contributed by atoms with Gasteiger partial charge in [-0.25, -0.2) is 12.8 Å². The van der Waals surface area contributed by atoms with Gasteiger partial charge in [0.2, 0.25) is 10.0 Å². The lowest BCUT2D eigenvalue weighted by Gasteiger charge is -2.22.